The number of amidine groups is 1. The van der Waals surface area contributed by atoms with E-state index >= 15 is 0 Å². The zero-order valence-electron chi connectivity index (χ0n) is 12.9. The summed E-state index contributed by atoms with van der Waals surface area (Å²) in [4.78, 5) is 6.44. The van der Waals surface area contributed by atoms with Crippen LogP contribution in [-0.2, 0) is 0 Å². The molecule has 1 atom stereocenters. The lowest BCUT2D eigenvalue weighted by Crippen LogP contribution is -2.51. The molecule has 0 aromatic heterocycles. The van der Waals surface area contributed by atoms with E-state index in [9.17, 15) is 0 Å². The number of fused-ring (bicyclic) bond motifs is 1. The van der Waals surface area contributed by atoms with Gasteiger partial charge in [0, 0.05) is 24.6 Å². The van der Waals surface area contributed by atoms with E-state index in [-0.39, 0.29) is 0 Å². The largest absolute Gasteiger partial charge is 0.493 e. The van der Waals surface area contributed by atoms with Crippen LogP contribution in [0.25, 0.3) is 0 Å². The number of nitrogens with two attached hydrogens (primary N) is 2. The highest BCUT2D eigenvalue weighted by Crippen LogP contribution is 2.36. The van der Waals surface area contributed by atoms with Crippen molar-refractivity contribution < 1.29 is 9.47 Å². The monoisotopic (exact) mass is 293 g/mol. The second-order valence-corrected chi connectivity index (χ2v) is 5.35. The second-order valence-electron chi connectivity index (χ2n) is 5.35. The number of benzene rings is 1. The Kier molecular flexibility index (Phi) is 4.24. The summed E-state index contributed by atoms with van der Waals surface area (Å²) in [6.07, 6.45) is 0.633. The third kappa shape index (κ3) is 3.20. The molecule has 7 nitrogen and oxygen atoms in total. The van der Waals surface area contributed by atoms with Crippen LogP contribution in [0.1, 0.15) is 12.0 Å². The highest BCUT2D eigenvalue weighted by molar-refractivity contribution is 6.05. The first-order chi connectivity index (χ1) is 9.88. The Bertz CT molecular complexity index is 559. The van der Waals surface area contributed by atoms with Crippen LogP contribution >= 0.6 is 0 Å². The Hall–Kier alpha value is -1.99. The van der Waals surface area contributed by atoms with Crippen LogP contribution in [0.15, 0.2) is 17.1 Å². The number of aliphatic imine (C=N–C) groups is 1. The first-order valence-corrected chi connectivity index (χ1v) is 6.72. The summed E-state index contributed by atoms with van der Waals surface area (Å²) in [7, 11) is 7.15. The van der Waals surface area contributed by atoms with Crippen molar-refractivity contribution in [2.75, 3.05) is 40.2 Å². The molecular weight excluding hydrogens is 270 g/mol. The fourth-order valence-corrected chi connectivity index (χ4v) is 2.24. The molecule has 0 fully saturated rings. The quantitative estimate of drug-likeness (QED) is 0.727. The fourth-order valence-electron chi connectivity index (χ4n) is 2.24. The maximum atomic E-state index is 6.30. The SMILES string of the molecule is COc1cc2c(cc1OC)C(N)=NC(N)(CCN(C)C)N2. The highest BCUT2D eigenvalue weighted by Gasteiger charge is 2.31. The van der Waals surface area contributed by atoms with Crippen molar-refractivity contribution in [3.8, 4) is 11.5 Å². The summed E-state index contributed by atoms with van der Waals surface area (Å²) in [5.74, 6) is 0.703. The molecule has 0 bridgehead atoms. The number of nitrogens with one attached hydrogen (secondary N) is 1. The first-order valence-electron chi connectivity index (χ1n) is 6.72. The van der Waals surface area contributed by atoms with Gasteiger partial charge in [0.05, 0.1) is 19.9 Å². The molecule has 1 aliphatic rings. The third-order valence-electron chi connectivity index (χ3n) is 3.41. The molecule has 0 radical (unpaired) electrons. The minimum atomic E-state index is -0.916. The Morgan fingerprint density at radius 3 is 2.43 bits per heavy atom. The number of rotatable bonds is 5. The molecule has 0 spiro atoms. The fraction of sp³-hybridized carbons (Fsp3) is 0.500. The average Bonchev–Trinajstić information content (AvgIpc) is 2.44. The van der Waals surface area contributed by atoms with Gasteiger partial charge in [-0.3, -0.25) is 5.73 Å². The van der Waals surface area contributed by atoms with Gasteiger partial charge in [-0.1, -0.05) is 0 Å². The van der Waals surface area contributed by atoms with Crippen molar-refractivity contribution in [3.63, 3.8) is 0 Å². The molecule has 1 aromatic rings. The molecule has 116 valence electrons. The molecule has 0 amide bonds. The molecule has 21 heavy (non-hydrogen) atoms. The van der Waals surface area contributed by atoms with Crippen LogP contribution < -0.4 is 26.3 Å². The molecule has 1 aliphatic heterocycles. The maximum Gasteiger partial charge on any atom is 0.185 e. The summed E-state index contributed by atoms with van der Waals surface area (Å²) in [5.41, 5.74) is 13.9. The van der Waals surface area contributed by atoms with Crippen molar-refractivity contribution in [1.82, 2.24) is 4.90 Å². The number of methoxy groups -OCH3 is 2. The second kappa shape index (κ2) is 5.79. The Balaban J connectivity index is 2.36. The van der Waals surface area contributed by atoms with Crippen LogP contribution in [0.3, 0.4) is 0 Å². The molecule has 2 rings (SSSR count). The van der Waals surface area contributed by atoms with Crippen LogP contribution in [0.2, 0.25) is 0 Å². The van der Waals surface area contributed by atoms with Gasteiger partial charge in [0.25, 0.3) is 0 Å². The first kappa shape index (κ1) is 15.4. The number of ether oxygens (including phenoxy) is 2. The van der Waals surface area contributed by atoms with Gasteiger partial charge < -0.3 is 25.4 Å². The van der Waals surface area contributed by atoms with Crippen LogP contribution in [0, 0.1) is 0 Å². The highest BCUT2D eigenvalue weighted by atomic mass is 16.5. The lowest BCUT2D eigenvalue weighted by Gasteiger charge is -2.34. The summed E-state index contributed by atoms with van der Waals surface area (Å²) in [6, 6.07) is 3.62. The molecule has 1 heterocycles. The normalized spacial score (nSPS) is 20.6. The summed E-state index contributed by atoms with van der Waals surface area (Å²) < 4.78 is 10.6. The van der Waals surface area contributed by atoms with Gasteiger partial charge in [-0.2, -0.15) is 0 Å². The molecule has 0 saturated carbocycles. The van der Waals surface area contributed by atoms with E-state index in [0.29, 0.717) is 23.8 Å². The number of anilines is 1. The predicted molar refractivity (Wildman–Crippen MR) is 84.0 cm³/mol. The topological polar surface area (TPSA) is 98.1 Å². The average molecular weight is 293 g/mol. The number of hydrogen-bond donors (Lipinski definition) is 3. The minimum Gasteiger partial charge on any atom is -0.493 e. The molecule has 5 N–H and O–H groups in total. The summed E-state index contributed by atoms with van der Waals surface area (Å²) in [5, 5.41) is 3.23. The molecule has 7 heteroatoms. The standard InChI is InChI=1S/C14H23N5O2/c1-19(2)6-5-14(16)17-10-8-12(21-4)11(20-3)7-9(10)13(15)18-14/h7-8,17H,5-6,16H2,1-4H3,(H2,15,18). The van der Waals surface area contributed by atoms with E-state index in [0.717, 1.165) is 17.8 Å². The molecular formula is C14H23N5O2. The van der Waals surface area contributed by atoms with E-state index in [1.165, 1.54) is 0 Å². The summed E-state index contributed by atoms with van der Waals surface area (Å²) in [6.45, 7) is 0.795. The van der Waals surface area contributed by atoms with Crippen LogP contribution in [0.5, 0.6) is 11.5 Å². The lowest BCUT2D eigenvalue weighted by molar-refractivity contribution is 0.340. The predicted octanol–water partition coefficient (Wildman–Crippen LogP) is 0.399. The number of hydrogen-bond acceptors (Lipinski definition) is 7. The van der Waals surface area contributed by atoms with E-state index in [4.69, 9.17) is 20.9 Å². The van der Waals surface area contributed by atoms with Crippen molar-refractivity contribution in [2.24, 2.45) is 16.5 Å². The van der Waals surface area contributed by atoms with E-state index in [1.807, 2.05) is 25.1 Å². The molecule has 0 saturated heterocycles. The van der Waals surface area contributed by atoms with Crippen molar-refractivity contribution in [2.45, 2.75) is 12.2 Å². The third-order valence-corrected chi connectivity index (χ3v) is 3.41. The minimum absolute atomic E-state index is 0.394. The van der Waals surface area contributed by atoms with Crippen molar-refractivity contribution in [3.05, 3.63) is 17.7 Å². The summed E-state index contributed by atoms with van der Waals surface area (Å²) >= 11 is 0. The van der Waals surface area contributed by atoms with Gasteiger partial charge in [-0.05, 0) is 20.2 Å². The van der Waals surface area contributed by atoms with E-state index in [2.05, 4.69) is 10.3 Å². The lowest BCUT2D eigenvalue weighted by atomic mass is 10.1. The zero-order chi connectivity index (χ0) is 15.6. The number of nitrogens with zero attached hydrogens (tertiary/aromatic N) is 2. The Morgan fingerprint density at radius 1 is 1.24 bits per heavy atom. The van der Waals surface area contributed by atoms with Gasteiger partial charge in [-0.15, -0.1) is 0 Å². The van der Waals surface area contributed by atoms with Gasteiger partial charge >= 0.3 is 0 Å². The maximum absolute atomic E-state index is 6.30. The van der Waals surface area contributed by atoms with Crippen molar-refractivity contribution in [1.29, 1.82) is 0 Å². The van der Waals surface area contributed by atoms with Crippen LogP contribution in [0.4, 0.5) is 5.69 Å². The Morgan fingerprint density at radius 2 is 1.86 bits per heavy atom. The van der Waals surface area contributed by atoms with Gasteiger partial charge in [-0.25, -0.2) is 4.99 Å². The van der Waals surface area contributed by atoms with Gasteiger partial charge in [0.2, 0.25) is 0 Å². The van der Waals surface area contributed by atoms with E-state index < -0.39 is 5.79 Å². The molecule has 1 aromatic carbocycles. The zero-order valence-corrected chi connectivity index (χ0v) is 12.9. The smallest absolute Gasteiger partial charge is 0.185 e. The Labute approximate surface area is 124 Å². The van der Waals surface area contributed by atoms with Gasteiger partial charge in [0.15, 0.2) is 17.3 Å². The van der Waals surface area contributed by atoms with Crippen LogP contribution in [-0.4, -0.2) is 51.4 Å². The molecule has 1 unspecified atom stereocenters. The van der Waals surface area contributed by atoms with Gasteiger partial charge in [0.1, 0.15) is 5.84 Å². The molecule has 0 aliphatic carbocycles. The van der Waals surface area contributed by atoms with Crippen molar-refractivity contribution >= 4 is 11.5 Å². The van der Waals surface area contributed by atoms with E-state index in [1.54, 1.807) is 20.3 Å².